The normalized spacial score (nSPS) is 17.3. The zero-order chi connectivity index (χ0) is 30.8. The zero-order valence-electron chi connectivity index (χ0n) is 24.5. The van der Waals surface area contributed by atoms with Gasteiger partial charge in [-0.3, -0.25) is 19.5 Å². The summed E-state index contributed by atoms with van der Waals surface area (Å²) in [7, 11) is 0. The van der Waals surface area contributed by atoms with Crippen LogP contribution in [0.3, 0.4) is 0 Å². The number of carbonyl (C=O) groups excluding carboxylic acids is 1. The third kappa shape index (κ3) is 5.60. The van der Waals surface area contributed by atoms with Crippen LogP contribution in [0.2, 0.25) is 0 Å². The number of thiazole rings is 1. The van der Waals surface area contributed by atoms with Crippen molar-refractivity contribution < 1.29 is 14.5 Å². The molecule has 1 saturated heterocycles. The van der Waals surface area contributed by atoms with Crippen molar-refractivity contribution in [3.8, 4) is 0 Å². The number of nitro groups is 1. The number of hydrogen-bond acceptors (Lipinski definition) is 8. The van der Waals surface area contributed by atoms with E-state index in [2.05, 4.69) is 11.8 Å². The summed E-state index contributed by atoms with van der Waals surface area (Å²) in [6.45, 7) is 5.80. The average molecular weight is 609 g/mol. The minimum atomic E-state index is -0.781. The van der Waals surface area contributed by atoms with Crippen molar-refractivity contribution >= 4 is 40.5 Å². The van der Waals surface area contributed by atoms with Gasteiger partial charge in [0.15, 0.2) is 4.80 Å². The van der Waals surface area contributed by atoms with E-state index in [1.54, 1.807) is 23.6 Å². The molecule has 0 spiro atoms. The largest absolute Gasteiger partial charge is 0.463 e. The maximum Gasteiger partial charge on any atom is 0.338 e. The maximum absolute atomic E-state index is 14.3. The molecule has 2 aliphatic rings. The fourth-order valence-corrected chi connectivity index (χ4v) is 6.83. The summed E-state index contributed by atoms with van der Waals surface area (Å²) in [6.07, 6.45) is 3.77. The third-order valence-electron chi connectivity index (χ3n) is 8.12. The number of benzene rings is 3. The van der Waals surface area contributed by atoms with Gasteiger partial charge in [-0.15, -0.1) is 0 Å². The first-order valence-corrected chi connectivity index (χ1v) is 15.5. The Labute approximate surface area is 258 Å². The first kappa shape index (κ1) is 29.3. The van der Waals surface area contributed by atoms with Crippen LogP contribution in [-0.2, 0) is 9.53 Å². The quantitative estimate of drug-likeness (QED) is 0.165. The van der Waals surface area contributed by atoms with Gasteiger partial charge in [0, 0.05) is 42.0 Å². The van der Waals surface area contributed by atoms with Gasteiger partial charge in [-0.2, -0.15) is 0 Å². The number of esters is 1. The molecule has 6 rings (SSSR count). The molecule has 0 bridgehead atoms. The molecular formula is C34H32N4O5S. The summed E-state index contributed by atoms with van der Waals surface area (Å²) in [5.74, 6) is 0.0698. The van der Waals surface area contributed by atoms with Crippen LogP contribution in [0.25, 0.3) is 11.8 Å². The number of nitro benzene ring substituents is 1. The molecule has 0 aliphatic carbocycles. The number of fused-ring (bicyclic) bond motifs is 1. The summed E-state index contributed by atoms with van der Waals surface area (Å²) in [5, 5.41) is 11.7. The van der Waals surface area contributed by atoms with Gasteiger partial charge in [-0.05, 0) is 43.4 Å². The fraction of sp³-hybridized carbons (Fsp3) is 0.265. The molecule has 3 heterocycles. The Bertz CT molecular complexity index is 1920. The lowest BCUT2D eigenvalue weighted by Gasteiger charge is -2.33. The summed E-state index contributed by atoms with van der Waals surface area (Å²) in [5.41, 5.74) is 3.27. The first-order chi connectivity index (χ1) is 21.4. The van der Waals surface area contributed by atoms with Gasteiger partial charge < -0.3 is 9.64 Å². The second-order valence-corrected chi connectivity index (χ2v) is 12.0. The molecule has 4 aromatic rings. The highest BCUT2D eigenvalue weighted by molar-refractivity contribution is 7.07. The Balaban J connectivity index is 1.60. The van der Waals surface area contributed by atoms with Crippen LogP contribution < -0.4 is 19.8 Å². The molecule has 224 valence electrons. The maximum atomic E-state index is 14.3. The van der Waals surface area contributed by atoms with Gasteiger partial charge in [0.25, 0.3) is 11.2 Å². The number of hydrogen-bond donors (Lipinski definition) is 0. The van der Waals surface area contributed by atoms with E-state index < -0.39 is 16.9 Å². The molecule has 44 heavy (non-hydrogen) atoms. The van der Waals surface area contributed by atoms with Crippen LogP contribution in [0.15, 0.2) is 94.2 Å². The standard InChI is InChI=1S/C34H32N4O5S/c1-3-43-33(40)29-30(23-10-6-4-7-11-23)35-34-37(31(29)24-12-8-5-9-13-24)32(39)28(44-34)21-25-20-26(38(41)42)14-15-27(25)36-18-16-22(2)17-19-36/h4-15,20-22,31H,3,16-19H2,1-2H3/b28-21+/t31-/m0/s1. The number of ether oxygens (including phenoxy) is 1. The highest BCUT2D eigenvalue weighted by atomic mass is 32.1. The van der Waals surface area contributed by atoms with E-state index >= 15 is 0 Å². The summed E-state index contributed by atoms with van der Waals surface area (Å²) >= 11 is 1.20. The lowest BCUT2D eigenvalue weighted by Crippen LogP contribution is -2.40. The van der Waals surface area contributed by atoms with Gasteiger partial charge >= 0.3 is 5.97 Å². The van der Waals surface area contributed by atoms with Crippen LogP contribution in [0.4, 0.5) is 11.4 Å². The topological polar surface area (TPSA) is 107 Å². The number of non-ortho nitro benzene ring substituents is 1. The molecule has 3 aromatic carbocycles. The van der Waals surface area contributed by atoms with E-state index in [-0.39, 0.29) is 23.4 Å². The highest BCUT2D eigenvalue weighted by Gasteiger charge is 2.35. The van der Waals surface area contributed by atoms with E-state index in [0.29, 0.717) is 26.5 Å². The molecule has 10 heteroatoms. The van der Waals surface area contributed by atoms with E-state index in [1.165, 1.54) is 23.5 Å². The van der Waals surface area contributed by atoms with Crippen molar-refractivity contribution in [3.63, 3.8) is 0 Å². The van der Waals surface area contributed by atoms with Crippen molar-refractivity contribution in [3.05, 3.63) is 131 Å². The zero-order valence-corrected chi connectivity index (χ0v) is 25.3. The number of aromatic nitrogens is 1. The lowest BCUT2D eigenvalue weighted by atomic mass is 9.93. The van der Waals surface area contributed by atoms with Crippen molar-refractivity contribution in [1.82, 2.24) is 4.57 Å². The summed E-state index contributed by atoms with van der Waals surface area (Å²) < 4.78 is 7.44. The molecule has 0 unspecified atom stereocenters. The van der Waals surface area contributed by atoms with Gasteiger partial charge in [0.05, 0.1) is 33.4 Å². The van der Waals surface area contributed by atoms with Gasteiger partial charge in [-0.25, -0.2) is 9.79 Å². The molecule has 1 fully saturated rings. The van der Waals surface area contributed by atoms with Crippen LogP contribution in [0, 0.1) is 16.0 Å². The summed E-state index contributed by atoms with van der Waals surface area (Å²) in [6, 6.07) is 22.8. The molecule has 1 atom stereocenters. The molecule has 2 aliphatic heterocycles. The highest BCUT2D eigenvalue weighted by Crippen LogP contribution is 2.35. The number of piperidine rings is 1. The Morgan fingerprint density at radius 3 is 2.41 bits per heavy atom. The summed E-state index contributed by atoms with van der Waals surface area (Å²) in [4.78, 5) is 46.7. The Morgan fingerprint density at radius 1 is 1.07 bits per heavy atom. The number of anilines is 1. The van der Waals surface area contributed by atoms with Crippen molar-refractivity contribution in [2.75, 3.05) is 24.6 Å². The number of carbonyl (C=O) groups is 1. The monoisotopic (exact) mass is 608 g/mol. The first-order valence-electron chi connectivity index (χ1n) is 14.7. The molecular weight excluding hydrogens is 576 g/mol. The van der Waals surface area contributed by atoms with E-state index in [0.717, 1.165) is 42.7 Å². The van der Waals surface area contributed by atoms with Gasteiger partial charge in [-0.1, -0.05) is 78.9 Å². The molecule has 9 nitrogen and oxygen atoms in total. The number of rotatable bonds is 7. The minimum Gasteiger partial charge on any atom is -0.463 e. The second-order valence-electron chi connectivity index (χ2n) is 11.0. The minimum absolute atomic E-state index is 0.0451. The fourth-order valence-electron chi connectivity index (χ4n) is 5.84. The average Bonchev–Trinajstić information content (AvgIpc) is 3.35. The van der Waals surface area contributed by atoms with E-state index in [1.807, 2.05) is 60.7 Å². The Morgan fingerprint density at radius 2 is 1.75 bits per heavy atom. The van der Waals surface area contributed by atoms with Crippen molar-refractivity contribution in [2.45, 2.75) is 32.7 Å². The molecule has 0 amide bonds. The SMILES string of the molecule is CCOC(=O)C1=C(c2ccccc2)N=c2s/c(=C/c3cc([N+](=O)[O-])ccc3N3CCC(C)CC3)c(=O)n2[C@H]1c1ccccc1. The predicted octanol–water partition coefficient (Wildman–Crippen LogP) is 5.08. The van der Waals surface area contributed by atoms with E-state index in [4.69, 9.17) is 9.73 Å². The Hall–Kier alpha value is -4.83. The van der Waals surface area contributed by atoms with Gasteiger partial charge in [0.2, 0.25) is 0 Å². The van der Waals surface area contributed by atoms with E-state index in [9.17, 15) is 19.7 Å². The van der Waals surface area contributed by atoms with Crippen LogP contribution in [0.1, 0.15) is 49.4 Å². The van der Waals surface area contributed by atoms with Gasteiger partial charge in [0.1, 0.15) is 0 Å². The van der Waals surface area contributed by atoms with Crippen LogP contribution in [-0.4, -0.2) is 35.2 Å². The third-order valence-corrected chi connectivity index (χ3v) is 9.10. The van der Waals surface area contributed by atoms with Crippen LogP contribution >= 0.6 is 11.3 Å². The predicted molar refractivity (Wildman–Crippen MR) is 171 cm³/mol. The number of nitrogens with zero attached hydrogens (tertiary/aromatic N) is 4. The van der Waals surface area contributed by atoms with Crippen molar-refractivity contribution in [1.29, 1.82) is 0 Å². The second kappa shape index (κ2) is 12.4. The molecule has 0 radical (unpaired) electrons. The van der Waals surface area contributed by atoms with Crippen LogP contribution in [0.5, 0.6) is 0 Å². The Kier molecular flexibility index (Phi) is 8.25. The van der Waals surface area contributed by atoms with Crippen molar-refractivity contribution in [2.24, 2.45) is 10.9 Å². The lowest BCUT2D eigenvalue weighted by molar-refractivity contribution is -0.384. The molecule has 0 N–H and O–H groups in total. The smallest absolute Gasteiger partial charge is 0.338 e. The molecule has 1 aromatic heterocycles. The molecule has 0 saturated carbocycles.